The summed E-state index contributed by atoms with van der Waals surface area (Å²) in [6.07, 6.45) is 4.33. The molecule has 0 fully saturated rings. The van der Waals surface area contributed by atoms with Crippen molar-refractivity contribution >= 4 is 0 Å². The molecule has 2 aromatic heterocycles. The van der Waals surface area contributed by atoms with E-state index in [2.05, 4.69) is 27.4 Å². The highest BCUT2D eigenvalue weighted by molar-refractivity contribution is 5.47. The molecule has 0 aliphatic carbocycles. The summed E-state index contributed by atoms with van der Waals surface area (Å²) in [5.74, 6) is 1.19. The molecule has 6 nitrogen and oxygen atoms in total. The minimum atomic E-state index is 0.106. The second-order valence-corrected chi connectivity index (χ2v) is 3.60. The molecule has 0 amide bonds. The van der Waals surface area contributed by atoms with Gasteiger partial charge in [0.2, 0.25) is 11.7 Å². The maximum absolute atomic E-state index is 5.22. The zero-order valence-corrected chi connectivity index (χ0v) is 9.64. The molecule has 0 bridgehead atoms. The summed E-state index contributed by atoms with van der Waals surface area (Å²) in [5.41, 5.74) is 0.848. The lowest BCUT2D eigenvalue weighted by Gasteiger charge is -2.06. The Bertz CT molecular complexity index is 457. The Morgan fingerprint density at radius 1 is 1.56 bits per heavy atom. The van der Waals surface area contributed by atoms with Crippen molar-refractivity contribution in [1.82, 2.24) is 25.0 Å². The molecule has 0 aliphatic rings. The number of rotatable bonds is 4. The number of aromatic nitrogens is 4. The zero-order chi connectivity index (χ0) is 11.5. The van der Waals surface area contributed by atoms with Crippen molar-refractivity contribution in [3.8, 4) is 11.5 Å². The summed E-state index contributed by atoms with van der Waals surface area (Å²) in [4.78, 5) is 8.37. The van der Waals surface area contributed by atoms with E-state index in [4.69, 9.17) is 4.52 Å². The van der Waals surface area contributed by atoms with Crippen LogP contribution in [0.15, 0.2) is 17.0 Å². The van der Waals surface area contributed by atoms with E-state index in [1.807, 2.05) is 18.7 Å². The van der Waals surface area contributed by atoms with E-state index >= 15 is 0 Å². The van der Waals surface area contributed by atoms with E-state index in [9.17, 15) is 0 Å². The fourth-order valence-electron chi connectivity index (χ4n) is 1.56. The molecule has 1 atom stereocenters. The van der Waals surface area contributed by atoms with E-state index < -0.39 is 0 Å². The second-order valence-electron chi connectivity index (χ2n) is 3.60. The molecule has 2 heterocycles. The molecular formula is C10H15N5O. The molecule has 16 heavy (non-hydrogen) atoms. The molecule has 0 radical (unpaired) electrons. The summed E-state index contributed by atoms with van der Waals surface area (Å²) in [6, 6.07) is 0.106. The minimum Gasteiger partial charge on any atom is -0.337 e. The molecule has 1 unspecified atom stereocenters. The highest BCUT2D eigenvalue weighted by Crippen LogP contribution is 2.19. The number of imidazole rings is 1. The van der Waals surface area contributed by atoms with Crippen molar-refractivity contribution < 1.29 is 4.52 Å². The van der Waals surface area contributed by atoms with Gasteiger partial charge in [-0.05, 0) is 13.5 Å². The third kappa shape index (κ3) is 1.83. The molecular weight excluding hydrogens is 206 g/mol. The van der Waals surface area contributed by atoms with Crippen LogP contribution in [-0.2, 0) is 7.05 Å². The number of hydrogen-bond donors (Lipinski definition) is 1. The van der Waals surface area contributed by atoms with Crippen LogP contribution in [0.3, 0.4) is 0 Å². The zero-order valence-electron chi connectivity index (χ0n) is 9.64. The van der Waals surface area contributed by atoms with Gasteiger partial charge in [-0.3, -0.25) is 0 Å². The van der Waals surface area contributed by atoms with Crippen molar-refractivity contribution in [2.75, 3.05) is 7.05 Å². The Morgan fingerprint density at radius 2 is 2.38 bits per heavy atom. The molecule has 2 rings (SSSR count). The highest BCUT2D eigenvalue weighted by atomic mass is 16.5. The summed E-state index contributed by atoms with van der Waals surface area (Å²) in [6.45, 7) is 2.06. The SMILES string of the molecule is CCC(NC)c1nc(-c2cncn2C)no1. The molecule has 0 saturated carbocycles. The summed E-state index contributed by atoms with van der Waals surface area (Å²) < 4.78 is 7.08. The summed E-state index contributed by atoms with van der Waals surface area (Å²) in [7, 11) is 3.77. The van der Waals surface area contributed by atoms with Crippen LogP contribution < -0.4 is 5.32 Å². The van der Waals surface area contributed by atoms with Gasteiger partial charge >= 0.3 is 0 Å². The standard InChI is InChI=1S/C10H15N5O/c1-4-7(11-2)10-13-9(14-16-10)8-5-12-6-15(8)3/h5-7,11H,4H2,1-3H3. The molecule has 2 aromatic rings. The number of nitrogens with zero attached hydrogens (tertiary/aromatic N) is 4. The Balaban J connectivity index is 2.29. The minimum absolute atomic E-state index is 0.106. The third-order valence-electron chi connectivity index (χ3n) is 2.54. The van der Waals surface area contributed by atoms with E-state index in [-0.39, 0.29) is 6.04 Å². The first-order valence-corrected chi connectivity index (χ1v) is 5.23. The fraction of sp³-hybridized carbons (Fsp3) is 0.500. The van der Waals surface area contributed by atoms with Gasteiger partial charge in [-0.15, -0.1) is 0 Å². The maximum atomic E-state index is 5.22. The summed E-state index contributed by atoms with van der Waals surface area (Å²) >= 11 is 0. The molecule has 86 valence electrons. The largest absolute Gasteiger partial charge is 0.337 e. The van der Waals surface area contributed by atoms with E-state index in [0.717, 1.165) is 12.1 Å². The average Bonchev–Trinajstić information content (AvgIpc) is 2.89. The molecule has 0 spiro atoms. The van der Waals surface area contributed by atoms with Crippen molar-refractivity contribution in [1.29, 1.82) is 0 Å². The number of hydrogen-bond acceptors (Lipinski definition) is 5. The van der Waals surface area contributed by atoms with Crippen LogP contribution in [-0.4, -0.2) is 26.7 Å². The van der Waals surface area contributed by atoms with Gasteiger partial charge in [0, 0.05) is 7.05 Å². The molecule has 0 aliphatic heterocycles. The highest BCUT2D eigenvalue weighted by Gasteiger charge is 2.17. The first-order valence-electron chi connectivity index (χ1n) is 5.23. The molecule has 1 N–H and O–H groups in total. The Morgan fingerprint density at radius 3 is 2.94 bits per heavy atom. The normalized spacial score (nSPS) is 12.9. The van der Waals surface area contributed by atoms with Crippen LogP contribution in [0.4, 0.5) is 0 Å². The number of aryl methyl sites for hydroxylation is 1. The van der Waals surface area contributed by atoms with Gasteiger partial charge in [-0.1, -0.05) is 12.1 Å². The first-order chi connectivity index (χ1) is 7.76. The second kappa shape index (κ2) is 4.44. The third-order valence-corrected chi connectivity index (χ3v) is 2.54. The smallest absolute Gasteiger partial charge is 0.244 e. The quantitative estimate of drug-likeness (QED) is 0.838. The number of nitrogens with one attached hydrogen (secondary N) is 1. The van der Waals surface area contributed by atoms with Crippen molar-refractivity contribution in [2.24, 2.45) is 7.05 Å². The molecule has 0 aromatic carbocycles. The fourth-order valence-corrected chi connectivity index (χ4v) is 1.56. The van der Waals surface area contributed by atoms with Gasteiger partial charge < -0.3 is 14.4 Å². The van der Waals surface area contributed by atoms with Gasteiger partial charge in [-0.25, -0.2) is 4.98 Å². The predicted octanol–water partition coefficient (Wildman–Crippen LogP) is 1.14. The van der Waals surface area contributed by atoms with Gasteiger partial charge in [-0.2, -0.15) is 4.98 Å². The Labute approximate surface area is 93.7 Å². The lowest BCUT2D eigenvalue weighted by Crippen LogP contribution is -2.15. The van der Waals surface area contributed by atoms with Crippen molar-refractivity contribution in [2.45, 2.75) is 19.4 Å². The van der Waals surface area contributed by atoms with Gasteiger partial charge in [0.15, 0.2) is 0 Å². The van der Waals surface area contributed by atoms with Gasteiger partial charge in [0.1, 0.15) is 5.69 Å². The first kappa shape index (κ1) is 10.8. The summed E-state index contributed by atoms with van der Waals surface area (Å²) in [5, 5.41) is 7.07. The molecule has 6 heteroatoms. The van der Waals surface area contributed by atoms with Crippen molar-refractivity contribution in [3.05, 3.63) is 18.4 Å². The Kier molecular flexibility index (Phi) is 3.00. The topological polar surface area (TPSA) is 68.8 Å². The Hall–Kier alpha value is -1.69. The maximum Gasteiger partial charge on any atom is 0.244 e. The van der Waals surface area contributed by atoms with Gasteiger partial charge in [0.05, 0.1) is 18.6 Å². The predicted molar refractivity (Wildman–Crippen MR) is 58.6 cm³/mol. The van der Waals surface area contributed by atoms with Crippen molar-refractivity contribution in [3.63, 3.8) is 0 Å². The van der Waals surface area contributed by atoms with E-state index in [1.54, 1.807) is 12.5 Å². The van der Waals surface area contributed by atoms with Crippen LogP contribution in [0.25, 0.3) is 11.5 Å². The molecule has 0 saturated heterocycles. The van der Waals surface area contributed by atoms with Crippen LogP contribution >= 0.6 is 0 Å². The van der Waals surface area contributed by atoms with Crippen LogP contribution in [0, 0.1) is 0 Å². The van der Waals surface area contributed by atoms with Crippen LogP contribution in [0.5, 0.6) is 0 Å². The van der Waals surface area contributed by atoms with Crippen LogP contribution in [0.1, 0.15) is 25.3 Å². The van der Waals surface area contributed by atoms with Gasteiger partial charge in [0.25, 0.3) is 0 Å². The van der Waals surface area contributed by atoms with E-state index in [0.29, 0.717) is 11.7 Å². The monoisotopic (exact) mass is 221 g/mol. The van der Waals surface area contributed by atoms with E-state index in [1.165, 1.54) is 0 Å². The lowest BCUT2D eigenvalue weighted by molar-refractivity contribution is 0.334. The average molecular weight is 221 g/mol. The van der Waals surface area contributed by atoms with Crippen LogP contribution in [0.2, 0.25) is 0 Å². The lowest BCUT2D eigenvalue weighted by atomic mass is 10.2.